The van der Waals surface area contributed by atoms with Crippen molar-refractivity contribution in [3.05, 3.63) is 47.0 Å². The van der Waals surface area contributed by atoms with Crippen molar-refractivity contribution in [2.24, 2.45) is 11.7 Å². The molecule has 0 bridgehead atoms. The van der Waals surface area contributed by atoms with Crippen LogP contribution in [-0.4, -0.2) is 83.6 Å². The van der Waals surface area contributed by atoms with Crippen LogP contribution in [0.15, 0.2) is 35.7 Å². The Morgan fingerprint density at radius 1 is 1.09 bits per heavy atom. The SMILES string of the molecule is COc1ccc2c(OC3CC4C(=O)NC5(C(=O)NS(=O)(=O)C6CC6)CC5C=CCCCCCC(N)C(=O)N4C3)cc(-c3nc(C4CC4)cs3)nc2c1C. The normalized spacial score (nSPS) is 28.0. The molecule has 4 fully saturated rings. The Morgan fingerprint density at radius 2 is 1.91 bits per heavy atom. The van der Waals surface area contributed by atoms with Crippen molar-refractivity contribution >= 4 is 50.0 Å². The van der Waals surface area contributed by atoms with E-state index in [2.05, 4.69) is 15.4 Å². The van der Waals surface area contributed by atoms with E-state index in [9.17, 15) is 22.8 Å². The number of fused-ring (bicyclic) bond motifs is 3. The summed E-state index contributed by atoms with van der Waals surface area (Å²) in [6.07, 6.45) is 10.7. The van der Waals surface area contributed by atoms with Crippen molar-refractivity contribution in [2.45, 2.75) is 112 Å². The highest BCUT2D eigenvalue weighted by atomic mass is 32.2. The fourth-order valence-corrected chi connectivity index (χ4v) is 9.92. The van der Waals surface area contributed by atoms with Crippen LogP contribution in [0, 0.1) is 12.8 Å². The van der Waals surface area contributed by atoms with Gasteiger partial charge in [-0.3, -0.25) is 19.1 Å². The van der Waals surface area contributed by atoms with Crippen LogP contribution >= 0.6 is 11.3 Å². The van der Waals surface area contributed by atoms with E-state index in [0.717, 1.165) is 60.2 Å². The van der Waals surface area contributed by atoms with Crippen molar-refractivity contribution in [1.82, 2.24) is 24.9 Å². The number of sulfonamides is 1. The second-order valence-corrected chi connectivity index (χ2v) is 18.1. The van der Waals surface area contributed by atoms with E-state index in [1.54, 1.807) is 7.11 Å². The molecule has 282 valence electrons. The summed E-state index contributed by atoms with van der Waals surface area (Å²) in [5, 5.41) is 5.94. The average Bonchev–Trinajstić information content (AvgIpc) is 4.09. The van der Waals surface area contributed by atoms with Crippen LogP contribution in [0.2, 0.25) is 0 Å². The number of allylic oxidation sites excluding steroid dienone is 1. The highest BCUT2D eigenvalue weighted by Crippen LogP contribution is 2.46. The predicted molar refractivity (Wildman–Crippen MR) is 200 cm³/mol. The van der Waals surface area contributed by atoms with Crippen LogP contribution in [0.5, 0.6) is 11.5 Å². The Bertz CT molecular complexity index is 2090. The molecule has 15 heteroatoms. The quantitative estimate of drug-likeness (QED) is 0.281. The number of rotatable bonds is 8. The van der Waals surface area contributed by atoms with Gasteiger partial charge in [0.15, 0.2) is 0 Å². The highest BCUT2D eigenvalue weighted by Gasteiger charge is 2.62. The van der Waals surface area contributed by atoms with Gasteiger partial charge in [-0.25, -0.2) is 18.4 Å². The third-order valence-corrected chi connectivity index (χ3v) is 14.0. The van der Waals surface area contributed by atoms with Gasteiger partial charge in [-0.15, -0.1) is 11.3 Å². The lowest BCUT2D eigenvalue weighted by Gasteiger charge is -2.28. The fourth-order valence-electron chi connectivity index (χ4n) is 7.70. The van der Waals surface area contributed by atoms with E-state index in [1.807, 2.05) is 37.3 Å². The molecular formula is C38H46N6O7S2. The number of aromatic nitrogens is 2. The average molecular weight is 763 g/mol. The summed E-state index contributed by atoms with van der Waals surface area (Å²) in [5.41, 5.74) is 8.30. The molecule has 3 aromatic rings. The molecule has 8 rings (SSSR count). The van der Waals surface area contributed by atoms with Gasteiger partial charge in [-0.1, -0.05) is 25.0 Å². The van der Waals surface area contributed by atoms with E-state index in [0.29, 0.717) is 47.9 Å². The zero-order chi connectivity index (χ0) is 37.1. The van der Waals surface area contributed by atoms with Gasteiger partial charge >= 0.3 is 0 Å². The van der Waals surface area contributed by atoms with E-state index < -0.39 is 50.8 Å². The second-order valence-electron chi connectivity index (χ2n) is 15.2. The monoisotopic (exact) mass is 762 g/mol. The number of pyridine rings is 1. The molecule has 53 heavy (non-hydrogen) atoms. The highest BCUT2D eigenvalue weighted by molar-refractivity contribution is 7.91. The molecule has 5 atom stereocenters. The lowest BCUT2D eigenvalue weighted by Crippen LogP contribution is -2.57. The van der Waals surface area contributed by atoms with Gasteiger partial charge in [0.05, 0.1) is 36.2 Å². The maximum absolute atomic E-state index is 14.3. The van der Waals surface area contributed by atoms with Gasteiger partial charge < -0.3 is 25.4 Å². The topological polar surface area (TPSA) is 183 Å². The van der Waals surface area contributed by atoms with Crippen LogP contribution in [0.25, 0.3) is 21.6 Å². The zero-order valence-corrected chi connectivity index (χ0v) is 31.6. The Kier molecular flexibility index (Phi) is 9.46. The van der Waals surface area contributed by atoms with Gasteiger partial charge in [0.25, 0.3) is 5.91 Å². The molecule has 3 amide bonds. The molecule has 4 heterocycles. The van der Waals surface area contributed by atoms with E-state index in [4.69, 9.17) is 25.2 Å². The van der Waals surface area contributed by atoms with Crippen LogP contribution in [-0.2, 0) is 24.4 Å². The number of amides is 3. The predicted octanol–water partition coefficient (Wildman–Crippen LogP) is 4.23. The first-order valence-electron chi connectivity index (χ1n) is 18.7. The number of nitrogens with zero attached hydrogens (tertiary/aromatic N) is 3. The minimum atomic E-state index is -3.85. The maximum atomic E-state index is 14.3. The molecule has 0 spiro atoms. The number of ether oxygens (including phenoxy) is 2. The number of carbonyl (C=O) groups excluding carboxylic acids is 3. The molecule has 5 aliphatic rings. The molecule has 13 nitrogen and oxygen atoms in total. The van der Waals surface area contributed by atoms with Crippen molar-refractivity contribution in [2.75, 3.05) is 13.7 Å². The summed E-state index contributed by atoms with van der Waals surface area (Å²) >= 11 is 1.54. The number of thiazole rings is 1. The molecule has 5 unspecified atom stereocenters. The van der Waals surface area contributed by atoms with Gasteiger partial charge in [0, 0.05) is 40.7 Å². The first-order chi connectivity index (χ1) is 25.5. The summed E-state index contributed by atoms with van der Waals surface area (Å²) in [6.45, 7) is 2.04. The van der Waals surface area contributed by atoms with Crippen LogP contribution in [0.3, 0.4) is 0 Å². The number of methoxy groups -OCH3 is 1. The lowest BCUT2D eigenvalue weighted by atomic mass is 10.1. The molecule has 2 aliphatic heterocycles. The largest absolute Gasteiger partial charge is 0.496 e. The molecule has 4 N–H and O–H groups in total. The van der Waals surface area contributed by atoms with Gasteiger partial charge in [0.2, 0.25) is 21.8 Å². The Balaban J connectivity index is 1.11. The number of nitrogens with one attached hydrogen (secondary N) is 2. The summed E-state index contributed by atoms with van der Waals surface area (Å²) in [5.74, 6) is -0.306. The second kappa shape index (κ2) is 14.0. The maximum Gasteiger partial charge on any atom is 0.259 e. The van der Waals surface area contributed by atoms with E-state index in [-0.39, 0.29) is 31.2 Å². The van der Waals surface area contributed by atoms with Crippen LogP contribution < -0.4 is 25.2 Å². The molecule has 3 saturated carbocycles. The molecule has 0 radical (unpaired) electrons. The molecule has 1 aromatic carbocycles. The van der Waals surface area contributed by atoms with E-state index >= 15 is 0 Å². The third-order valence-electron chi connectivity index (χ3n) is 11.3. The van der Waals surface area contributed by atoms with Crippen molar-refractivity contribution in [3.8, 4) is 22.2 Å². The first-order valence-corrected chi connectivity index (χ1v) is 21.1. The first kappa shape index (κ1) is 35.9. The minimum absolute atomic E-state index is 0.0978. The number of carbonyl (C=O) groups is 3. The van der Waals surface area contributed by atoms with Crippen molar-refractivity contribution in [3.63, 3.8) is 0 Å². The van der Waals surface area contributed by atoms with Gasteiger partial charge in [-0.05, 0) is 70.4 Å². The summed E-state index contributed by atoms with van der Waals surface area (Å²) < 4.78 is 40.2. The Hall–Kier alpha value is -4.08. The molecule has 3 aliphatic carbocycles. The fraction of sp³-hybridized carbons (Fsp3) is 0.553. The van der Waals surface area contributed by atoms with Crippen LogP contribution in [0.4, 0.5) is 0 Å². The third kappa shape index (κ3) is 7.15. The van der Waals surface area contributed by atoms with Crippen molar-refractivity contribution in [1.29, 1.82) is 0 Å². The zero-order valence-electron chi connectivity index (χ0n) is 30.0. The standard InChI is InChI=1S/C38H46N6O7S2/c1-21-31(50-2)15-14-26-32(17-28(40-33(21)26)35-41-29(20-52-35)22-10-11-22)51-24-16-30-34(45)42-38(37(47)43-53(48,49)25-12-13-25)18-23(38)8-6-4-3-5-7-9-27(39)36(46)44(30)19-24/h6,8,14-15,17,20,22-25,27,30H,3-5,7,9-13,16,18-19,39H2,1-2H3,(H,42,45)(H,43,47). The smallest absolute Gasteiger partial charge is 0.259 e. The van der Waals surface area contributed by atoms with E-state index in [1.165, 1.54) is 16.2 Å². The van der Waals surface area contributed by atoms with Gasteiger partial charge in [-0.2, -0.15) is 0 Å². The molecule has 2 aromatic heterocycles. The number of hydrogen-bond donors (Lipinski definition) is 3. The Labute approximate surface area is 313 Å². The van der Waals surface area contributed by atoms with Crippen LogP contribution in [0.1, 0.15) is 87.8 Å². The molecular weight excluding hydrogens is 717 g/mol. The van der Waals surface area contributed by atoms with Crippen molar-refractivity contribution < 1.29 is 32.3 Å². The number of nitrogens with two attached hydrogens (primary N) is 1. The Morgan fingerprint density at radius 3 is 2.66 bits per heavy atom. The van der Waals surface area contributed by atoms with Gasteiger partial charge in [0.1, 0.15) is 39.9 Å². The lowest BCUT2D eigenvalue weighted by molar-refractivity contribution is -0.140. The number of aryl methyl sites for hydroxylation is 1. The summed E-state index contributed by atoms with van der Waals surface area (Å²) in [6, 6.07) is 3.82. The number of benzene rings is 1. The minimum Gasteiger partial charge on any atom is -0.496 e. The summed E-state index contributed by atoms with van der Waals surface area (Å²) in [7, 11) is -2.23. The number of hydrogen-bond acceptors (Lipinski definition) is 11. The molecule has 1 saturated heterocycles. The summed E-state index contributed by atoms with van der Waals surface area (Å²) in [4.78, 5) is 53.3.